The molecule has 0 radical (unpaired) electrons. The van der Waals surface area contributed by atoms with Crippen LogP contribution in [0.4, 0.5) is 0 Å². The van der Waals surface area contributed by atoms with Gasteiger partial charge >= 0.3 is 0 Å². The average molecular weight is 342 g/mol. The van der Waals surface area contributed by atoms with E-state index in [9.17, 15) is 4.79 Å². The number of methoxy groups -OCH3 is 2. The van der Waals surface area contributed by atoms with Crippen LogP contribution in [0, 0.1) is 5.92 Å². The van der Waals surface area contributed by atoms with Crippen LogP contribution in [0.15, 0.2) is 18.2 Å². The van der Waals surface area contributed by atoms with Crippen LogP contribution in [0.1, 0.15) is 23.2 Å². The van der Waals surface area contributed by atoms with E-state index < -0.39 is 0 Å². The molecular weight excluding hydrogens is 322 g/mol. The topological polar surface area (TPSA) is 38.8 Å². The SMILES string of the molecule is COc1ccc(C(=O)N2CCC(CCBr)C2)cc1OC. The average Bonchev–Trinajstić information content (AvgIpc) is 2.94. The summed E-state index contributed by atoms with van der Waals surface area (Å²) in [6.07, 6.45) is 2.21. The zero-order chi connectivity index (χ0) is 14.5. The number of nitrogens with zero attached hydrogens (tertiary/aromatic N) is 1. The maximum atomic E-state index is 12.5. The molecule has 5 heteroatoms. The van der Waals surface area contributed by atoms with Crippen LogP contribution in [0.2, 0.25) is 0 Å². The van der Waals surface area contributed by atoms with Gasteiger partial charge in [0.1, 0.15) is 0 Å². The first-order chi connectivity index (χ1) is 9.69. The second-order valence-electron chi connectivity index (χ2n) is 4.95. The Kier molecular flexibility index (Phi) is 5.29. The molecule has 0 spiro atoms. The number of hydrogen-bond donors (Lipinski definition) is 0. The Hall–Kier alpha value is -1.23. The third-order valence-electron chi connectivity index (χ3n) is 3.72. The van der Waals surface area contributed by atoms with E-state index in [1.165, 1.54) is 0 Å². The van der Waals surface area contributed by atoms with Crippen molar-refractivity contribution in [2.45, 2.75) is 12.8 Å². The van der Waals surface area contributed by atoms with Crippen LogP contribution >= 0.6 is 15.9 Å². The molecule has 4 nitrogen and oxygen atoms in total. The number of rotatable bonds is 5. The van der Waals surface area contributed by atoms with E-state index >= 15 is 0 Å². The summed E-state index contributed by atoms with van der Waals surface area (Å²) in [4.78, 5) is 14.4. The Bertz CT molecular complexity index is 478. The highest BCUT2D eigenvalue weighted by Gasteiger charge is 2.26. The molecule has 20 heavy (non-hydrogen) atoms. The lowest BCUT2D eigenvalue weighted by Crippen LogP contribution is -2.28. The predicted octanol–water partition coefficient (Wildman–Crippen LogP) is 2.95. The number of carbonyl (C=O) groups excluding carboxylic acids is 1. The summed E-state index contributed by atoms with van der Waals surface area (Å²) >= 11 is 3.46. The van der Waals surface area contributed by atoms with Gasteiger partial charge in [0, 0.05) is 24.0 Å². The molecule has 1 aliphatic rings. The van der Waals surface area contributed by atoms with Crippen LogP contribution in [-0.4, -0.2) is 43.4 Å². The third-order valence-corrected chi connectivity index (χ3v) is 4.18. The van der Waals surface area contributed by atoms with Crippen molar-refractivity contribution in [3.8, 4) is 11.5 Å². The molecule has 2 rings (SSSR count). The minimum atomic E-state index is 0.0722. The van der Waals surface area contributed by atoms with Gasteiger partial charge in [-0.2, -0.15) is 0 Å². The zero-order valence-electron chi connectivity index (χ0n) is 11.9. The van der Waals surface area contributed by atoms with E-state index in [4.69, 9.17) is 9.47 Å². The standard InChI is InChI=1S/C15H20BrNO3/c1-19-13-4-3-12(9-14(13)20-2)15(18)17-8-6-11(10-17)5-7-16/h3-4,9,11H,5-8,10H2,1-2H3. The van der Waals surface area contributed by atoms with E-state index in [0.29, 0.717) is 23.0 Å². The molecule has 0 aromatic heterocycles. The highest BCUT2D eigenvalue weighted by Crippen LogP contribution is 2.29. The first-order valence-corrected chi connectivity index (χ1v) is 7.89. The summed E-state index contributed by atoms with van der Waals surface area (Å²) in [5.41, 5.74) is 0.655. The summed E-state index contributed by atoms with van der Waals surface area (Å²) in [6.45, 7) is 1.68. The summed E-state index contributed by atoms with van der Waals surface area (Å²) in [6, 6.07) is 5.32. The lowest BCUT2D eigenvalue weighted by atomic mass is 10.1. The molecule has 1 saturated heterocycles. The molecule has 1 amide bonds. The normalized spacial score (nSPS) is 18.1. The largest absolute Gasteiger partial charge is 0.493 e. The van der Waals surface area contributed by atoms with Crippen molar-refractivity contribution in [2.24, 2.45) is 5.92 Å². The van der Waals surface area contributed by atoms with Crippen molar-refractivity contribution in [3.05, 3.63) is 23.8 Å². The number of amides is 1. The molecule has 0 saturated carbocycles. The van der Waals surface area contributed by atoms with Crippen molar-refractivity contribution in [1.82, 2.24) is 4.90 Å². The lowest BCUT2D eigenvalue weighted by molar-refractivity contribution is 0.0786. The highest BCUT2D eigenvalue weighted by atomic mass is 79.9. The number of alkyl halides is 1. The molecule has 0 bridgehead atoms. The molecule has 0 aliphatic carbocycles. The third kappa shape index (κ3) is 3.26. The van der Waals surface area contributed by atoms with Crippen molar-refractivity contribution in [2.75, 3.05) is 32.6 Å². The fourth-order valence-electron chi connectivity index (χ4n) is 2.56. The number of hydrogen-bond acceptors (Lipinski definition) is 3. The Balaban J connectivity index is 2.10. The molecule has 1 aromatic rings. The van der Waals surface area contributed by atoms with Crippen molar-refractivity contribution in [3.63, 3.8) is 0 Å². The van der Waals surface area contributed by atoms with Gasteiger partial charge in [-0.15, -0.1) is 0 Å². The lowest BCUT2D eigenvalue weighted by Gasteiger charge is -2.17. The van der Waals surface area contributed by atoms with Gasteiger partial charge in [-0.1, -0.05) is 15.9 Å². The Morgan fingerprint density at radius 2 is 2.10 bits per heavy atom. The number of ether oxygens (including phenoxy) is 2. The fourth-order valence-corrected chi connectivity index (χ4v) is 3.21. The summed E-state index contributed by atoms with van der Waals surface area (Å²) in [5.74, 6) is 1.92. The Morgan fingerprint density at radius 3 is 2.75 bits per heavy atom. The molecule has 1 fully saturated rings. The zero-order valence-corrected chi connectivity index (χ0v) is 13.5. The van der Waals surface area contributed by atoms with Crippen molar-refractivity contribution < 1.29 is 14.3 Å². The van der Waals surface area contributed by atoms with E-state index in [2.05, 4.69) is 15.9 Å². The summed E-state index contributed by atoms with van der Waals surface area (Å²) in [7, 11) is 3.17. The predicted molar refractivity (Wildman–Crippen MR) is 82.0 cm³/mol. The van der Waals surface area contributed by atoms with Crippen LogP contribution in [0.25, 0.3) is 0 Å². The molecule has 1 unspecified atom stereocenters. The summed E-state index contributed by atoms with van der Waals surface area (Å²) in [5, 5.41) is 0.996. The van der Waals surface area contributed by atoms with E-state index in [1.807, 2.05) is 4.90 Å². The van der Waals surface area contributed by atoms with Crippen molar-refractivity contribution >= 4 is 21.8 Å². The first kappa shape index (κ1) is 15.2. The smallest absolute Gasteiger partial charge is 0.254 e. The van der Waals surface area contributed by atoms with Gasteiger partial charge in [-0.3, -0.25) is 4.79 Å². The Morgan fingerprint density at radius 1 is 1.35 bits per heavy atom. The number of likely N-dealkylation sites (tertiary alicyclic amines) is 1. The number of halogens is 1. The van der Waals surface area contributed by atoms with Gasteiger partial charge < -0.3 is 14.4 Å². The van der Waals surface area contributed by atoms with E-state index in [0.717, 1.165) is 31.3 Å². The van der Waals surface area contributed by atoms with Crippen LogP contribution < -0.4 is 9.47 Å². The molecule has 1 heterocycles. The monoisotopic (exact) mass is 341 g/mol. The van der Waals surface area contributed by atoms with Gasteiger partial charge in [0.25, 0.3) is 5.91 Å². The fraction of sp³-hybridized carbons (Fsp3) is 0.533. The second kappa shape index (κ2) is 6.97. The summed E-state index contributed by atoms with van der Waals surface area (Å²) < 4.78 is 10.4. The Labute approximate surface area is 128 Å². The molecule has 1 atom stereocenters. The van der Waals surface area contributed by atoms with Gasteiger partial charge in [0.2, 0.25) is 0 Å². The van der Waals surface area contributed by atoms with Crippen LogP contribution in [0.3, 0.4) is 0 Å². The number of benzene rings is 1. The maximum Gasteiger partial charge on any atom is 0.254 e. The molecule has 110 valence electrons. The quantitative estimate of drug-likeness (QED) is 0.773. The van der Waals surface area contributed by atoms with Gasteiger partial charge in [0.05, 0.1) is 14.2 Å². The second-order valence-corrected chi connectivity index (χ2v) is 5.75. The van der Waals surface area contributed by atoms with E-state index in [1.54, 1.807) is 32.4 Å². The van der Waals surface area contributed by atoms with Crippen LogP contribution in [0.5, 0.6) is 11.5 Å². The van der Waals surface area contributed by atoms with Crippen molar-refractivity contribution in [1.29, 1.82) is 0 Å². The molecule has 1 aliphatic heterocycles. The highest BCUT2D eigenvalue weighted by molar-refractivity contribution is 9.09. The molecule has 1 aromatic carbocycles. The molecular formula is C15H20BrNO3. The van der Waals surface area contributed by atoms with Gasteiger partial charge in [0.15, 0.2) is 11.5 Å². The van der Waals surface area contributed by atoms with E-state index in [-0.39, 0.29) is 5.91 Å². The number of carbonyl (C=O) groups is 1. The van der Waals surface area contributed by atoms with Crippen LogP contribution in [-0.2, 0) is 0 Å². The van der Waals surface area contributed by atoms with Gasteiger partial charge in [-0.25, -0.2) is 0 Å². The first-order valence-electron chi connectivity index (χ1n) is 6.76. The minimum Gasteiger partial charge on any atom is -0.493 e. The molecule has 0 N–H and O–H groups in total. The van der Waals surface area contributed by atoms with Gasteiger partial charge in [-0.05, 0) is 37.0 Å². The maximum absolute atomic E-state index is 12.5. The minimum absolute atomic E-state index is 0.0722.